The highest BCUT2D eigenvalue weighted by molar-refractivity contribution is 5.82. The molecule has 0 unspecified atom stereocenters. The van der Waals surface area contributed by atoms with Gasteiger partial charge in [0.15, 0.2) is 0 Å². The molecule has 0 aromatic heterocycles. The van der Waals surface area contributed by atoms with Gasteiger partial charge in [0, 0.05) is 0 Å². The number of benzene rings is 2. The fourth-order valence-corrected chi connectivity index (χ4v) is 2.06. The number of aryl methyl sites for hydroxylation is 1. The average Bonchev–Trinajstić information content (AvgIpc) is 2.28. The molecule has 0 heterocycles. The molecule has 0 heteroatoms. The van der Waals surface area contributed by atoms with Gasteiger partial charge < -0.3 is 0 Å². The minimum atomic E-state index is 0.550. The number of hydrogen-bond donors (Lipinski definition) is 0. The third kappa shape index (κ3) is 5.35. The van der Waals surface area contributed by atoms with E-state index in [9.17, 15) is 0 Å². The van der Waals surface area contributed by atoms with Crippen LogP contribution in [0.15, 0.2) is 42.5 Å². The molecule has 0 saturated heterocycles. The van der Waals surface area contributed by atoms with Crippen molar-refractivity contribution >= 4 is 10.8 Å². The second-order valence-electron chi connectivity index (χ2n) is 6.16. The standard InChI is InChI=1S/C11H10.C7H16/c1-9-6-7-10-4-2-3-5-11(10)8-9;1-5-6-7(2,3)4/h2-8H,1H3;5-6H2,1-4H3. The lowest BCUT2D eigenvalue weighted by Gasteiger charge is -2.15. The summed E-state index contributed by atoms with van der Waals surface area (Å²) in [4.78, 5) is 0. The highest BCUT2D eigenvalue weighted by atomic mass is 14.1. The quantitative estimate of drug-likeness (QED) is 0.577. The third-order valence-electron chi connectivity index (χ3n) is 2.90. The highest BCUT2D eigenvalue weighted by Gasteiger charge is 2.06. The molecule has 2 aromatic rings. The van der Waals surface area contributed by atoms with Crippen LogP contribution in [0.4, 0.5) is 0 Å². The van der Waals surface area contributed by atoms with Gasteiger partial charge in [-0.2, -0.15) is 0 Å². The largest absolute Gasteiger partial charge is 0.0654 e. The molecule has 0 spiro atoms. The summed E-state index contributed by atoms with van der Waals surface area (Å²) < 4.78 is 0. The van der Waals surface area contributed by atoms with Crippen molar-refractivity contribution in [1.29, 1.82) is 0 Å². The van der Waals surface area contributed by atoms with Crippen LogP contribution >= 0.6 is 0 Å². The van der Waals surface area contributed by atoms with Crippen LogP contribution < -0.4 is 0 Å². The van der Waals surface area contributed by atoms with Crippen LogP contribution in [0.1, 0.15) is 46.1 Å². The number of hydrogen-bond acceptors (Lipinski definition) is 0. The summed E-state index contributed by atoms with van der Waals surface area (Å²) in [7, 11) is 0. The first-order valence-electron chi connectivity index (χ1n) is 6.88. The van der Waals surface area contributed by atoms with Gasteiger partial charge in [-0.25, -0.2) is 0 Å². The van der Waals surface area contributed by atoms with Gasteiger partial charge in [0.05, 0.1) is 0 Å². The predicted molar refractivity (Wildman–Crippen MR) is 83.0 cm³/mol. The first kappa shape index (κ1) is 14.8. The molecule has 0 atom stereocenters. The molecule has 0 aliphatic rings. The highest BCUT2D eigenvalue weighted by Crippen LogP contribution is 2.19. The molecule has 0 aliphatic heterocycles. The van der Waals surface area contributed by atoms with E-state index >= 15 is 0 Å². The van der Waals surface area contributed by atoms with Gasteiger partial charge in [-0.1, -0.05) is 82.1 Å². The Bertz CT molecular complexity index is 475. The van der Waals surface area contributed by atoms with E-state index in [0.717, 1.165) is 0 Å². The summed E-state index contributed by atoms with van der Waals surface area (Å²) in [5.41, 5.74) is 1.87. The first-order chi connectivity index (χ1) is 8.42. The zero-order valence-electron chi connectivity index (χ0n) is 12.5. The second-order valence-corrected chi connectivity index (χ2v) is 6.16. The molecule has 0 aliphatic carbocycles. The molecular formula is C18H26. The van der Waals surface area contributed by atoms with Crippen molar-refractivity contribution in [2.45, 2.75) is 47.5 Å². The summed E-state index contributed by atoms with van der Waals surface area (Å²) in [5.74, 6) is 0. The van der Waals surface area contributed by atoms with Crippen LogP contribution in [0.3, 0.4) is 0 Å². The molecule has 0 radical (unpaired) electrons. The Hall–Kier alpha value is -1.30. The topological polar surface area (TPSA) is 0 Å². The van der Waals surface area contributed by atoms with Gasteiger partial charge >= 0.3 is 0 Å². The maximum absolute atomic E-state index is 2.27. The Morgan fingerprint density at radius 3 is 2.00 bits per heavy atom. The zero-order chi connectivity index (χ0) is 13.6. The van der Waals surface area contributed by atoms with E-state index in [1.165, 1.54) is 29.2 Å². The first-order valence-corrected chi connectivity index (χ1v) is 6.88. The summed E-state index contributed by atoms with van der Waals surface area (Å²) in [5, 5.41) is 2.64. The Morgan fingerprint density at radius 2 is 1.50 bits per heavy atom. The fourth-order valence-electron chi connectivity index (χ4n) is 2.06. The average molecular weight is 242 g/mol. The van der Waals surface area contributed by atoms with Crippen molar-refractivity contribution in [3.05, 3.63) is 48.0 Å². The van der Waals surface area contributed by atoms with Crippen LogP contribution in [-0.2, 0) is 0 Å². The molecule has 0 nitrogen and oxygen atoms in total. The Balaban J connectivity index is 0.000000203. The van der Waals surface area contributed by atoms with Crippen molar-refractivity contribution in [3.63, 3.8) is 0 Å². The molecule has 0 bridgehead atoms. The maximum Gasteiger partial charge on any atom is -0.0181 e. The van der Waals surface area contributed by atoms with E-state index in [1.54, 1.807) is 0 Å². The molecule has 18 heavy (non-hydrogen) atoms. The van der Waals surface area contributed by atoms with Crippen LogP contribution in [0.25, 0.3) is 10.8 Å². The van der Waals surface area contributed by atoms with Crippen LogP contribution in [0.5, 0.6) is 0 Å². The van der Waals surface area contributed by atoms with Crippen molar-refractivity contribution in [3.8, 4) is 0 Å². The molecule has 2 rings (SSSR count). The lowest BCUT2D eigenvalue weighted by Crippen LogP contribution is -2.02. The van der Waals surface area contributed by atoms with Gasteiger partial charge in [0.2, 0.25) is 0 Å². The molecule has 0 amide bonds. The van der Waals surface area contributed by atoms with Crippen molar-refractivity contribution < 1.29 is 0 Å². The van der Waals surface area contributed by atoms with E-state index in [0.29, 0.717) is 5.41 Å². The molecule has 0 N–H and O–H groups in total. The van der Waals surface area contributed by atoms with Gasteiger partial charge in [-0.3, -0.25) is 0 Å². The van der Waals surface area contributed by atoms with E-state index in [2.05, 4.69) is 77.1 Å². The molecule has 2 aromatic carbocycles. The van der Waals surface area contributed by atoms with E-state index in [-0.39, 0.29) is 0 Å². The maximum atomic E-state index is 2.27. The van der Waals surface area contributed by atoms with E-state index in [4.69, 9.17) is 0 Å². The monoisotopic (exact) mass is 242 g/mol. The minimum absolute atomic E-state index is 0.550. The summed E-state index contributed by atoms with van der Waals surface area (Å²) in [6, 6.07) is 14.9. The van der Waals surface area contributed by atoms with Crippen molar-refractivity contribution in [2.24, 2.45) is 5.41 Å². The lowest BCUT2D eigenvalue weighted by atomic mass is 9.91. The molecule has 98 valence electrons. The third-order valence-corrected chi connectivity index (χ3v) is 2.90. The lowest BCUT2D eigenvalue weighted by molar-refractivity contribution is 0.373. The van der Waals surface area contributed by atoms with Crippen LogP contribution in [0.2, 0.25) is 0 Å². The number of fused-ring (bicyclic) bond motifs is 1. The zero-order valence-corrected chi connectivity index (χ0v) is 12.5. The Morgan fingerprint density at radius 1 is 0.889 bits per heavy atom. The Labute approximate surface area is 112 Å². The van der Waals surface area contributed by atoms with Gasteiger partial charge in [0.1, 0.15) is 0 Å². The van der Waals surface area contributed by atoms with Crippen LogP contribution in [0, 0.1) is 12.3 Å². The normalized spacial score (nSPS) is 10.9. The van der Waals surface area contributed by atoms with Gasteiger partial charge in [0.25, 0.3) is 0 Å². The fraction of sp³-hybridized carbons (Fsp3) is 0.444. The Kier molecular flexibility index (Phi) is 5.40. The molecular weight excluding hydrogens is 216 g/mol. The van der Waals surface area contributed by atoms with Crippen molar-refractivity contribution in [1.82, 2.24) is 0 Å². The molecule has 0 saturated carbocycles. The SMILES string of the molecule is CCCC(C)(C)C.Cc1ccc2ccccc2c1. The predicted octanol–water partition coefficient (Wildman–Crippen LogP) is 5.98. The summed E-state index contributed by atoms with van der Waals surface area (Å²) in [6.07, 6.45) is 2.65. The molecule has 0 fully saturated rings. The smallest absolute Gasteiger partial charge is 0.0181 e. The van der Waals surface area contributed by atoms with Gasteiger partial charge in [-0.05, 0) is 29.5 Å². The summed E-state index contributed by atoms with van der Waals surface area (Å²) in [6.45, 7) is 11.2. The van der Waals surface area contributed by atoms with Gasteiger partial charge in [-0.15, -0.1) is 0 Å². The summed E-state index contributed by atoms with van der Waals surface area (Å²) >= 11 is 0. The van der Waals surface area contributed by atoms with Crippen molar-refractivity contribution in [2.75, 3.05) is 0 Å². The number of rotatable bonds is 1. The minimum Gasteiger partial charge on any atom is -0.0654 e. The van der Waals surface area contributed by atoms with E-state index < -0.39 is 0 Å². The van der Waals surface area contributed by atoms with E-state index in [1.807, 2.05) is 0 Å². The van der Waals surface area contributed by atoms with Crippen LogP contribution in [-0.4, -0.2) is 0 Å². The second kappa shape index (κ2) is 6.58.